The number of ether oxygens (including phenoxy) is 4. The van der Waals surface area contributed by atoms with Crippen molar-refractivity contribution in [3.63, 3.8) is 0 Å². The maximum absolute atomic E-state index is 6.13. The topological polar surface area (TPSA) is 53.5 Å². The van der Waals surface area contributed by atoms with Gasteiger partial charge in [0.1, 0.15) is 12.1 Å². The van der Waals surface area contributed by atoms with Gasteiger partial charge in [0.2, 0.25) is 0 Å². The summed E-state index contributed by atoms with van der Waals surface area (Å²) in [5.74, 6) is 1.09. The SMILES string of the molecule is CCOC1C2CCOC2[NH2+]C2C1CCC(OC)C2OC. The van der Waals surface area contributed by atoms with Crippen molar-refractivity contribution in [3.8, 4) is 0 Å². The number of quaternary nitrogens is 1. The molecule has 3 rings (SSSR count). The van der Waals surface area contributed by atoms with Crippen LogP contribution in [0, 0.1) is 11.8 Å². The molecule has 2 aliphatic heterocycles. The van der Waals surface area contributed by atoms with E-state index in [0.717, 1.165) is 32.5 Å². The molecule has 20 heavy (non-hydrogen) atoms. The van der Waals surface area contributed by atoms with E-state index in [2.05, 4.69) is 12.2 Å². The second-order valence-corrected chi connectivity index (χ2v) is 6.19. The van der Waals surface area contributed by atoms with Crippen LogP contribution in [0.1, 0.15) is 26.2 Å². The molecule has 2 saturated heterocycles. The van der Waals surface area contributed by atoms with Gasteiger partial charge in [0.05, 0.1) is 24.7 Å². The lowest BCUT2D eigenvalue weighted by Crippen LogP contribution is -3.03. The maximum atomic E-state index is 6.13. The molecule has 116 valence electrons. The highest BCUT2D eigenvalue weighted by Gasteiger charge is 2.56. The summed E-state index contributed by atoms with van der Waals surface area (Å²) >= 11 is 0. The molecule has 3 aliphatic rings. The summed E-state index contributed by atoms with van der Waals surface area (Å²) < 4.78 is 23.4. The molecule has 1 saturated carbocycles. The zero-order valence-corrected chi connectivity index (χ0v) is 12.8. The third kappa shape index (κ3) is 2.40. The van der Waals surface area contributed by atoms with E-state index in [1.165, 1.54) is 0 Å². The molecule has 2 N–H and O–H groups in total. The minimum absolute atomic E-state index is 0.131. The van der Waals surface area contributed by atoms with Gasteiger partial charge in [-0.3, -0.25) is 0 Å². The first-order valence-corrected chi connectivity index (χ1v) is 7.94. The van der Waals surface area contributed by atoms with Crippen LogP contribution in [-0.4, -0.2) is 58.0 Å². The lowest BCUT2D eigenvalue weighted by molar-refractivity contribution is -0.783. The second kappa shape index (κ2) is 6.28. The molecule has 5 nitrogen and oxygen atoms in total. The molecular weight excluding hydrogens is 258 g/mol. The van der Waals surface area contributed by atoms with Gasteiger partial charge in [-0.1, -0.05) is 0 Å². The highest BCUT2D eigenvalue weighted by Crippen LogP contribution is 2.39. The molecule has 7 atom stereocenters. The Labute approximate surface area is 121 Å². The van der Waals surface area contributed by atoms with Crippen LogP contribution in [-0.2, 0) is 18.9 Å². The summed E-state index contributed by atoms with van der Waals surface area (Å²) in [4.78, 5) is 0. The number of fused-ring (bicyclic) bond motifs is 2. The monoisotopic (exact) mass is 286 g/mol. The Balaban J connectivity index is 1.82. The highest BCUT2D eigenvalue weighted by molar-refractivity contribution is 4.98. The molecular formula is C15H28NO4+. The Morgan fingerprint density at radius 3 is 2.60 bits per heavy atom. The van der Waals surface area contributed by atoms with Crippen molar-refractivity contribution < 1.29 is 24.3 Å². The highest BCUT2D eigenvalue weighted by atomic mass is 16.5. The fraction of sp³-hybridized carbons (Fsp3) is 1.00. The number of methoxy groups -OCH3 is 2. The second-order valence-electron chi connectivity index (χ2n) is 6.19. The maximum Gasteiger partial charge on any atom is 0.195 e. The average molecular weight is 286 g/mol. The van der Waals surface area contributed by atoms with Crippen molar-refractivity contribution in [3.05, 3.63) is 0 Å². The predicted molar refractivity (Wildman–Crippen MR) is 73.3 cm³/mol. The van der Waals surface area contributed by atoms with Gasteiger partial charge in [0, 0.05) is 26.7 Å². The molecule has 0 spiro atoms. The van der Waals surface area contributed by atoms with Crippen LogP contribution in [0.25, 0.3) is 0 Å². The van der Waals surface area contributed by atoms with E-state index in [0.29, 0.717) is 24.0 Å². The molecule has 0 bridgehead atoms. The number of nitrogens with two attached hydrogens (primary N) is 1. The van der Waals surface area contributed by atoms with Crippen LogP contribution in [0.2, 0.25) is 0 Å². The summed E-state index contributed by atoms with van der Waals surface area (Å²) in [6.07, 6.45) is 4.23. The first kappa shape index (κ1) is 14.7. The predicted octanol–water partition coefficient (Wildman–Crippen LogP) is 0.140. The zero-order chi connectivity index (χ0) is 14.1. The third-order valence-electron chi connectivity index (χ3n) is 5.40. The van der Waals surface area contributed by atoms with Crippen molar-refractivity contribution in [2.45, 2.75) is 56.8 Å². The number of piperidine rings is 1. The first-order valence-electron chi connectivity index (χ1n) is 7.94. The van der Waals surface area contributed by atoms with Gasteiger partial charge < -0.3 is 24.3 Å². The molecule has 0 radical (unpaired) electrons. The standard InChI is InChI=1S/C15H27NO4/c1-4-19-13-9-5-6-11(17-2)14(18-3)12(9)16-15-10(13)7-8-20-15/h9-16H,4-8H2,1-3H3/p+1. The van der Waals surface area contributed by atoms with E-state index in [-0.39, 0.29) is 18.4 Å². The van der Waals surface area contributed by atoms with E-state index in [9.17, 15) is 0 Å². The summed E-state index contributed by atoms with van der Waals surface area (Å²) in [5, 5.41) is 2.39. The van der Waals surface area contributed by atoms with Crippen LogP contribution in [0.3, 0.4) is 0 Å². The van der Waals surface area contributed by atoms with Crippen LogP contribution in [0.15, 0.2) is 0 Å². The Bertz CT molecular complexity index is 327. The zero-order valence-electron chi connectivity index (χ0n) is 12.8. The molecule has 0 aromatic rings. The van der Waals surface area contributed by atoms with Crippen molar-refractivity contribution in [1.29, 1.82) is 0 Å². The van der Waals surface area contributed by atoms with E-state index in [4.69, 9.17) is 18.9 Å². The van der Waals surface area contributed by atoms with Crippen LogP contribution >= 0.6 is 0 Å². The molecule has 0 amide bonds. The Morgan fingerprint density at radius 1 is 1.05 bits per heavy atom. The summed E-state index contributed by atoms with van der Waals surface area (Å²) in [6.45, 7) is 3.73. The fourth-order valence-corrected chi connectivity index (χ4v) is 4.56. The molecule has 5 heteroatoms. The summed E-state index contributed by atoms with van der Waals surface area (Å²) in [6, 6.07) is 0.384. The van der Waals surface area contributed by atoms with E-state index in [1.807, 2.05) is 0 Å². The Hall–Kier alpha value is -0.200. The first-order chi connectivity index (χ1) is 9.80. The molecule has 0 aromatic heterocycles. The minimum atomic E-state index is 0.131. The van der Waals surface area contributed by atoms with Crippen LogP contribution < -0.4 is 5.32 Å². The molecule has 0 aromatic carbocycles. The van der Waals surface area contributed by atoms with Gasteiger partial charge in [-0.2, -0.15) is 0 Å². The van der Waals surface area contributed by atoms with Crippen molar-refractivity contribution >= 4 is 0 Å². The van der Waals surface area contributed by atoms with Crippen molar-refractivity contribution in [2.24, 2.45) is 11.8 Å². The lowest BCUT2D eigenvalue weighted by atomic mass is 9.70. The van der Waals surface area contributed by atoms with Gasteiger partial charge in [0.25, 0.3) is 0 Å². The Kier molecular flexibility index (Phi) is 4.62. The van der Waals surface area contributed by atoms with Crippen LogP contribution in [0.5, 0.6) is 0 Å². The largest absolute Gasteiger partial charge is 0.378 e. The van der Waals surface area contributed by atoms with Gasteiger partial charge in [0.15, 0.2) is 6.23 Å². The fourth-order valence-electron chi connectivity index (χ4n) is 4.56. The van der Waals surface area contributed by atoms with Crippen LogP contribution in [0.4, 0.5) is 0 Å². The number of hydrogen-bond acceptors (Lipinski definition) is 4. The molecule has 3 fully saturated rings. The van der Waals surface area contributed by atoms with Crippen molar-refractivity contribution in [2.75, 3.05) is 27.4 Å². The molecule has 7 unspecified atom stereocenters. The smallest absolute Gasteiger partial charge is 0.195 e. The van der Waals surface area contributed by atoms with E-state index in [1.54, 1.807) is 14.2 Å². The summed E-state index contributed by atoms with van der Waals surface area (Å²) in [5.41, 5.74) is 0. The number of hydrogen-bond donors (Lipinski definition) is 1. The molecule has 2 heterocycles. The van der Waals surface area contributed by atoms with Crippen molar-refractivity contribution in [1.82, 2.24) is 0 Å². The van der Waals surface area contributed by atoms with Gasteiger partial charge >= 0.3 is 0 Å². The molecule has 1 aliphatic carbocycles. The van der Waals surface area contributed by atoms with E-state index < -0.39 is 0 Å². The minimum Gasteiger partial charge on any atom is -0.378 e. The van der Waals surface area contributed by atoms with Gasteiger partial charge in [-0.15, -0.1) is 0 Å². The summed E-state index contributed by atoms with van der Waals surface area (Å²) in [7, 11) is 3.58. The Morgan fingerprint density at radius 2 is 1.90 bits per heavy atom. The normalized spacial score (nSPS) is 47.9. The van der Waals surface area contributed by atoms with E-state index >= 15 is 0 Å². The lowest BCUT2D eigenvalue weighted by Gasteiger charge is -2.48. The average Bonchev–Trinajstić information content (AvgIpc) is 2.94. The third-order valence-corrected chi connectivity index (χ3v) is 5.40. The van der Waals surface area contributed by atoms with Gasteiger partial charge in [-0.25, -0.2) is 0 Å². The van der Waals surface area contributed by atoms with Gasteiger partial charge in [-0.05, 0) is 26.2 Å². The quantitative estimate of drug-likeness (QED) is 0.799. The number of rotatable bonds is 4.